The number of imidazole rings is 1. The lowest BCUT2D eigenvalue weighted by Crippen LogP contribution is -2.31. The van der Waals surface area contributed by atoms with Crippen LogP contribution < -0.4 is 10.9 Å². The number of aldehydes is 1. The number of carbonyl (C=O) groups excluding carboxylic acids is 1. The van der Waals surface area contributed by atoms with Gasteiger partial charge in [-0.05, 0) is 35.1 Å². The summed E-state index contributed by atoms with van der Waals surface area (Å²) >= 11 is 0. The molecule has 0 saturated heterocycles. The van der Waals surface area contributed by atoms with Gasteiger partial charge in [0.25, 0.3) is 5.43 Å². The lowest BCUT2D eigenvalue weighted by molar-refractivity contribution is 0.111. The molecule has 0 unspecified atom stereocenters. The molecule has 0 aliphatic rings. The van der Waals surface area contributed by atoms with Crippen LogP contribution in [0.5, 0.6) is 5.75 Å². The van der Waals surface area contributed by atoms with Gasteiger partial charge in [0.2, 0.25) is 5.43 Å². The van der Waals surface area contributed by atoms with Gasteiger partial charge in [-0.15, -0.1) is 0 Å². The summed E-state index contributed by atoms with van der Waals surface area (Å²) in [6.45, 7) is 4.62. The molecule has 4 rings (SSSR count). The largest absolute Gasteiger partial charge is 0.503 e. The van der Waals surface area contributed by atoms with E-state index in [-0.39, 0.29) is 5.56 Å². The molecule has 1 N–H and O–H groups in total. The zero-order valence-corrected chi connectivity index (χ0v) is 18.1. The number of hydrogen-bond donors (Lipinski definition) is 1. The second kappa shape index (κ2) is 8.75. The highest BCUT2D eigenvalue weighted by molar-refractivity contribution is 5.87. The van der Waals surface area contributed by atoms with Gasteiger partial charge in [-0.25, -0.2) is 4.98 Å². The Balaban J connectivity index is 1.68. The second-order valence-corrected chi connectivity index (χ2v) is 7.79. The van der Waals surface area contributed by atoms with Crippen LogP contribution in [0.25, 0.3) is 22.3 Å². The number of carbonyl (C=O) groups is 1. The number of aryl methyl sites for hydroxylation is 2. The summed E-state index contributed by atoms with van der Waals surface area (Å²) in [6.07, 6.45) is 3.33. The monoisotopic (exact) mass is 428 g/mol. The number of hydrogen-bond acceptors (Lipinski definition) is 5. The van der Waals surface area contributed by atoms with Gasteiger partial charge in [0.05, 0.1) is 11.3 Å². The maximum absolute atomic E-state index is 12.0. The SMILES string of the molecule is CCCc1nc(CC)c(C=O)n1Cc1ccc(-c2ccccc2-c2c(O)c(=O)c2=O)cc1. The molecule has 0 bridgehead atoms. The number of benzene rings is 2. The highest BCUT2D eigenvalue weighted by Gasteiger charge is 2.23. The summed E-state index contributed by atoms with van der Waals surface area (Å²) < 4.78 is 1.99. The van der Waals surface area contributed by atoms with Gasteiger partial charge >= 0.3 is 0 Å². The molecule has 0 radical (unpaired) electrons. The van der Waals surface area contributed by atoms with Gasteiger partial charge in [-0.2, -0.15) is 0 Å². The van der Waals surface area contributed by atoms with E-state index in [1.165, 1.54) is 0 Å². The Morgan fingerprint density at radius 2 is 1.66 bits per heavy atom. The first-order chi connectivity index (χ1) is 15.5. The van der Waals surface area contributed by atoms with E-state index in [4.69, 9.17) is 0 Å². The predicted octanol–water partition coefficient (Wildman–Crippen LogP) is 3.89. The summed E-state index contributed by atoms with van der Waals surface area (Å²) in [4.78, 5) is 39.8. The normalized spacial score (nSPS) is 11.2. The van der Waals surface area contributed by atoms with E-state index in [0.717, 1.165) is 47.3 Å². The fourth-order valence-electron chi connectivity index (χ4n) is 4.11. The van der Waals surface area contributed by atoms with Crippen LogP contribution in [0, 0.1) is 0 Å². The van der Waals surface area contributed by atoms with Gasteiger partial charge in [0.1, 0.15) is 11.5 Å². The van der Waals surface area contributed by atoms with Gasteiger partial charge in [-0.1, -0.05) is 62.4 Å². The molecule has 0 aliphatic heterocycles. The van der Waals surface area contributed by atoms with Crippen molar-refractivity contribution in [3.8, 4) is 28.0 Å². The highest BCUT2D eigenvalue weighted by Crippen LogP contribution is 2.34. The molecule has 162 valence electrons. The van der Waals surface area contributed by atoms with Gasteiger partial charge in [0.15, 0.2) is 12.0 Å². The summed E-state index contributed by atoms with van der Waals surface area (Å²) in [5.41, 5.74) is 3.19. The van der Waals surface area contributed by atoms with Crippen molar-refractivity contribution in [1.29, 1.82) is 0 Å². The minimum atomic E-state index is -0.842. The van der Waals surface area contributed by atoms with Gasteiger partial charge in [-0.3, -0.25) is 14.4 Å². The van der Waals surface area contributed by atoms with Crippen LogP contribution in [-0.4, -0.2) is 20.9 Å². The fourth-order valence-corrected chi connectivity index (χ4v) is 4.11. The molecular formula is C26H24N2O4. The standard InChI is InChI=1S/C26H24N2O4/c1-3-7-22-27-20(4-2)21(15-29)28(22)14-16-10-12-17(13-11-16)18-8-5-6-9-19(18)23-24(30)26(32)25(23)31/h5-6,8-13,15,30H,3-4,7,14H2,1-2H3. The van der Waals surface area contributed by atoms with E-state index in [9.17, 15) is 19.5 Å². The Morgan fingerprint density at radius 1 is 0.969 bits per heavy atom. The van der Waals surface area contributed by atoms with E-state index in [1.54, 1.807) is 12.1 Å². The molecule has 32 heavy (non-hydrogen) atoms. The molecule has 0 saturated carbocycles. The molecule has 1 heterocycles. The average molecular weight is 428 g/mol. The van der Waals surface area contributed by atoms with Crippen LogP contribution in [0.3, 0.4) is 0 Å². The summed E-state index contributed by atoms with van der Waals surface area (Å²) in [5, 5.41) is 9.89. The van der Waals surface area contributed by atoms with E-state index in [1.807, 2.05) is 47.9 Å². The minimum absolute atomic E-state index is 0.0695. The first kappa shape index (κ1) is 21.4. The van der Waals surface area contributed by atoms with Crippen molar-refractivity contribution in [2.45, 2.75) is 39.7 Å². The maximum Gasteiger partial charge on any atom is 0.268 e. The molecule has 0 atom stereocenters. The van der Waals surface area contributed by atoms with Crippen molar-refractivity contribution in [1.82, 2.24) is 9.55 Å². The van der Waals surface area contributed by atoms with Crippen molar-refractivity contribution in [3.63, 3.8) is 0 Å². The lowest BCUT2D eigenvalue weighted by Gasteiger charge is -2.13. The van der Waals surface area contributed by atoms with Crippen molar-refractivity contribution >= 4 is 6.29 Å². The van der Waals surface area contributed by atoms with Crippen molar-refractivity contribution in [2.75, 3.05) is 0 Å². The average Bonchev–Trinajstić information content (AvgIpc) is 3.16. The van der Waals surface area contributed by atoms with Crippen LogP contribution in [0.1, 0.15) is 47.8 Å². The first-order valence-electron chi connectivity index (χ1n) is 10.7. The third-order valence-corrected chi connectivity index (χ3v) is 5.77. The molecule has 1 aromatic heterocycles. The summed E-state index contributed by atoms with van der Waals surface area (Å²) in [6, 6.07) is 15.0. The van der Waals surface area contributed by atoms with Crippen molar-refractivity contribution in [2.24, 2.45) is 0 Å². The zero-order chi connectivity index (χ0) is 22.8. The van der Waals surface area contributed by atoms with Crippen LogP contribution in [0.4, 0.5) is 0 Å². The molecule has 0 amide bonds. The van der Waals surface area contributed by atoms with E-state index >= 15 is 0 Å². The van der Waals surface area contributed by atoms with Crippen LogP contribution in [-0.2, 0) is 19.4 Å². The molecule has 6 nitrogen and oxygen atoms in total. The van der Waals surface area contributed by atoms with Crippen LogP contribution in [0.15, 0.2) is 58.1 Å². The maximum atomic E-state index is 12.0. The Bertz CT molecular complexity index is 1360. The number of nitrogens with zero attached hydrogens (tertiary/aromatic N) is 2. The molecule has 0 fully saturated rings. The third-order valence-electron chi connectivity index (χ3n) is 5.77. The molecule has 6 heteroatoms. The topological polar surface area (TPSA) is 89.3 Å². The summed E-state index contributed by atoms with van der Waals surface area (Å²) in [7, 11) is 0. The molecular weight excluding hydrogens is 404 g/mol. The molecule has 3 aromatic carbocycles. The van der Waals surface area contributed by atoms with E-state index in [0.29, 0.717) is 24.2 Å². The van der Waals surface area contributed by atoms with Gasteiger partial charge < -0.3 is 9.67 Å². The van der Waals surface area contributed by atoms with E-state index in [2.05, 4.69) is 11.9 Å². The highest BCUT2D eigenvalue weighted by atomic mass is 16.3. The quantitative estimate of drug-likeness (QED) is 0.340. The van der Waals surface area contributed by atoms with Gasteiger partial charge in [0, 0.05) is 13.0 Å². The third kappa shape index (κ3) is 3.58. The first-order valence-corrected chi connectivity index (χ1v) is 10.7. The Labute approximate surface area is 185 Å². The van der Waals surface area contributed by atoms with Crippen LogP contribution in [0.2, 0.25) is 0 Å². The molecule has 0 spiro atoms. The fraction of sp³-hybridized carbons (Fsp3) is 0.231. The van der Waals surface area contributed by atoms with Crippen molar-refractivity contribution in [3.05, 3.63) is 91.8 Å². The lowest BCUT2D eigenvalue weighted by atomic mass is 9.91. The molecule has 4 aromatic rings. The van der Waals surface area contributed by atoms with E-state index < -0.39 is 16.6 Å². The Morgan fingerprint density at radius 3 is 2.25 bits per heavy atom. The molecule has 0 aliphatic carbocycles. The Hall–Kier alpha value is -3.80. The van der Waals surface area contributed by atoms with Crippen molar-refractivity contribution < 1.29 is 9.90 Å². The smallest absolute Gasteiger partial charge is 0.268 e. The number of rotatable bonds is 8. The zero-order valence-electron chi connectivity index (χ0n) is 18.1. The number of aromatic nitrogens is 2. The second-order valence-electron chi connectivity index (χ2n) is 7.79. The summed E-state index contributed by atoms with van der Waals surface area (Å²) in [5.74, 6) is 0.437. The minimum Gasteiger partial charge on any atom is -0.503 e. The Kier molecular flexibility index (Phi) is 5.86. The number of aromatic hydroxyl groups is 1. The predicted molar refractivity (Wildman–Crippen MR) is 124 cm³/mol. The van der Waals surface area contributed by atoms with Crippen LogP contribution >= 0.6 is 0 Å².